The summed E-state index contributed by atoms with van der Waals surface area (Å²) in [5.41, 5.74) is 0.494. The Kier molecular flexibility index (Phi) is 3.64. The molecule has 0 aliphatic heterocycles. The van der Waals surface area contributed by atoms with Gasteiger partial charge < -0.3 is 14.4 Å². The second kappa shape index (κ2) is 5.20. The summed E-state index contributed by atoms with van der Waals surface area (Å²) in [6.45, 7) is 1.38. The van der Waals surface area contributed by atoms with Gasteiger partial charge in [-0.15, -0.1) is 0 Å². The predicted octanol–water partition coefficient (Wildman–Crippen LogP) is 1.45. The number of nitrogens with zero attached hydrogens (tertiary/aromatic N) is 2. The van der Waals surface area contributed by atoms with Crippen molar-refractivity contribution in [2.45, 2.75) is 38.6 Å². The fourth-order valence-corrected chi connectivity index (χ4v) is 2.37. The van der Waals surface area contributed by atoms with Crippen molar-refractivity contribution in [1.82, 2.24) is 9.88 Å². The average molecular weight is 252 g/mol. The second-order valence-corrected chi connectivity index (χ2v) is 4.53. The van der Waals surface area contributed by atoms with E-state index in [-0.39, 0.29) is 24.3 Å². The van der Waals surface area contributed by atoms with Crippen molar-refractivity contribution in [2.75, 3.05) is 6.54 Å². The number of aryl methyl sites for hydroxylation is 1. The third kappa shape index (κ3) is 2.52. The third-order valence-electron chi connectivity index (χ3n) is 3.27. The summed E-state index contributed by atoms with van der Waals surface area (Å²) in [4.78, 5) is 28.4. The van der Waals surface area contributed by atoms with E-state index < -0.39 is 5.97 Å². The van der Waals surface area contributed by atoms with Crippen LogP contribution in [0.15, 0.2) is 10.8 Å². The summed E-state index contributed by atoms with van der Waals surface area (Å²) in [6, 6.07) is -0.00176. The van der Waals surface area contributed by atoms with Gasteiger partial charge in [0.15, 0.2) is 6.39 Å². The summed E-state index contributed by atoms with van der Waals surface area (Å²) < 4.78 is 5.05. The third-order valence-corrected chi connectivity index (χ3v) is 3.27. The zero-order chi connectivity index (χ0) is 13.1. The van der Waals surface area contributed by atoms with E-state index in [9.17, 15) is 9.59 Å². The molecule has 6 nitrogen and oxygen atoms in total. The van der Waals surface area contributed by atoms with Crippen LogP contribution in [0.2, 0.25) is 0 Å². The lowest BCUT2D eigenvalue weighted by molar-refractivity contribution is -0.138. The average Bonchev–Trinajstić information content (AvgIpc) is 2.95. The number of hydrogen-bond donors (Lipinski definition) is 1. The van der Waals surface area contributed by atoms with E-state index in [1.54, 1.807) is 6.92 Å². The van der Waals surface area contributed by atoms with E-state index in [2.05, 4.69) is 4.98 Å². The van der Waals surface area contributed by atoms with Crippen LogP contribution < -0.4 is 0 Å². The number of carbonyl (C=O) groups is 2. The number of oxazole rings is 1. The molecule has 2 rings (SSSR count). The SMILES string of the molecule is Cc1ncoc1C(=O)N(CC(=O)O)C1CCCC1. The monoisotopic (exact) mass is 252 g/mol. The standard InChI is InChI=1S/C12H16N2O4/c1-8-11(18-7-13-8)12(17)14(6-10(15)16)9-4-2-3-5-9/h7,9H,2-6H2,1H3,(H,15,16). The van der Waals surface area contributed by atoms with Crippen LogP contribution in [0.25, 0.3) is 0 Å². The van der Waals surface area contributed by atoms with Crippen molar-refractivity contribution < 1.29 is 19.1 Å². The number of aliphatic carboxylic acids is 1. The van der Waals surface area contributed by atoms with Crippen LogP contribution in [0.3, 0.4) is 0 Å². The predicted molar refractivity (Wildman–Crippen MR) is 62.2 cm³/mol. The van der Waals surface area contributed by atoms with Crippen LogP contribution in [0.4, 0.5) is 0 Å². The van der Waals surface area contributed by atoms with Crippen LogP contribution in [-0.2, 0) is 4.79 Å². The minimum absolute atomic E-state index is 0.00176. The molecule has 0 aromatic carbocycles. The summed E-state index contributed by atoms with van der Waals surface area (Å²) in [5, 5.41) is 8.92. The Bertz CT molecular complexity index is 449. The summed E-state index contributed by atoms with van der Waals surface area (Å²) >= 11 is 0. The Balaban J connectivity index is 2.20. The highest BCUT2D eigenvalue weighted by Gasteiger charge is 2.31. The van der Waals surface area contributed by atoms with Gasteiger partial charge in [0, 0.05) is 6.04 Å². The molecule has 1 N–H and O–H groups in total. The van der Waals surface area contributed by atoms with Crippen molar-refractivity contribution >= 4 is 11.9 Å². The first-order valence-corrected chi connectivity index (χ1v) is 6.02. The second-order valence-electron chi connectivity index (χ2n) is 4.53. The van der Waals surface area contributed by atoms with Gasteiger partial charge in [-0.1, -0.05) is 12.8 Å². The van der Waals surface area contributed by atoms with Crippen molar-refractivity contribution in [2.24, 2.45) is 0 Å². The molecule has 1 fully saturated rings. The van der Waals surface area contributed by atoms with Gasteiger partial charge in [0.2, 0.25) is 5.76 Å². The zero-order valence-corrected chi connectivity index (χ0v) is 10.3. The van der Waals surface area contributed by atoms with Crippen LogP contribution in [0.1, 0.15) is 41.9 Å². The molecule has 1 saturated carbocycles. The molecule has 0 saturated heterocycles. The van der Waals surface area contributed by atoms with E-state index in [4.69, 9.17) is 9.52 Å². The van der Waals surface area contributed by atoms with Crippen LogP contribution in [0.5, 0.6) is 0 Å². The number of carbonyl (C=O) groups excluding carboxylic acids is 1. The Morgan fingerprint density at radius 1 is 1.50 bits per heavy atom. The van der Waals surface area contributed by atoms with Gasteiger partial charge in [0.1, 0.15) is 6.54 Å². The smallest absolute Gasteiger partial charge is 0.323 e. The van der Waals surface area contributed by atoms with E-state index in [1.807, 2.05) is 0 Å². The topological polar surface area (TPSA) is 83.6 Å². The largest absolute Gasteiger partial charge is 0.480 e. The molecular weight excluding hydrogens is 236 g/mol. The van der Waals surface area contributed by atoms with Crippen molar-refractivity contribution in [3.05, 3.63) is 17.8 Å². The lowest BCUT2D eigenvalue weighted by atomic mass is 10.2. The number of rotatable bonds is 4. The Morgan fingerprint density at radius 2 is 2.17 bits per heavy atom. The lowest BCUT2D eigenvalue weighted by Crippen LogP contribution is -2.42. The number of hydrogen-bond acceptors (Lipinski definition) is 4. The minimum atomic E-state index is -1.01. The maximum atomic E-state index is 12.3. The molecule has 6 heteroatoms. The molecule has 1 aromatic heterocycles. The first kappa shape index (κ1) is 12.6. The zero-order valence-electron chi connectivity index (χ0n) is 10.3. The van der Waals surface area contributed by atoms with Gasteiger partial charge in [0.05, 0.1) is 5.69 Å². The van der Waals surface area contributed by atoms with Crippen LogP contribution in [0, 0.1) is 6.92 Å². The summed E-state index contributed by atoms with van der Waals surface area (Å²) in [5.74, 6) is -1.24. The first-order chi connectivity index (χ1) is 8.59. The van der Waals surface area contributed by atoms with Gasteiger partial charge in [-0.05, 0) is 19.8 Å². The van der Waals surface area contributed by atoms with E-state index in [0.717, 1.165) is 25.7 Å². The van der Waals surface area contributed by atoms with E-state index in [1.165, 1.54) is 11.3 Å². The highest BCUT2D eigenvalue weighted by Crippen LogP contribution is 2.25. The van der Waals surface area contributed by atoms with Crippen LogP contribution in [-0.4, -0.2) is 39.5 Å². The van der Waals surface area contributed by atoms with E-state index >= 15 is 0 Å². The molecule has 0 bridgehead atoms. The molecule has 1 aliphatic rings. The van der Waals surface area contributed by atoms with E-state index in [0.29, 0.717) is 5.69 Å². The minimum Gasteiger partial charge on any atom is -0.480 e. The Morgan fingerprint density at radius 3 is 2.67 bits per heavy atom. The molecular formula is C12H16N2O4. The van der Waals surface area contributed by atoms with Gasteiger partial charge in [0.25, 0.3) is 5.91 Å². The van der Waals surface area contributed by atoms with Gasteiger partial charge in [-0.2, -0.15) is 0 Å². The first-order valence-electron chi connectivity index (χ1n) is 6.02. The molecule has 0 radical (unpaired) electrons. The molecule has 0 spiro atoms. The number of carboxylic acid groups (broad SMARTS) is 1. The molecule has 0 atom stereocenters. The molecule has 1 aliphatic carbocycles. The maximum absolute atomic E-state index is 12.3. The summed E-state index contributed by atoms with van der Waals surface area (Å²) in [6.07, 6.45) is 4.97. The molecule has 18 heavy (non-hydrogen) atoms. The number of aromatic nitrogens is 1. The highest BCUT2D eigenvalue weighted by atomic mass is 16.4. The van der Waals surface area contributed by atoms with Gasteiger partial charge >= 0.3 is 5.97 Å². The Hall–Kier alpha value is -1.85. The molecule has 98 valence electrons. The fraction of sp³-hybridized carbons (Fsp3) is 0.583. The van der Waals surface area contributed by atoms with Crippen molar-refractivity contribution in [3.63, 3.8) is 0 Å². The lowest BCUT2D eigenvalue weighted by Gasteiger charge is -2.26. The fourth-order valence-electron chi connectivity index (χ4n) is 2.37. The number of amides is 1. The normalized spacial score (nSPS) is 15.8. The highest BCUT2D eigenvalue weighted by molar-refractivity contribution is 5.94. The van der Waals surface area contributed by atoms with Crippen LogP contribution >= 0.6 is 0 Å². The quantitative estimate of drug-likeness (QED) is 0.876. The Labute approximate surface area is 105 Å². The molecule has 1 heterocycles. The summed E-state index contributed by atoms with van der Waals surface area (Å²) in [7, 11) is 0. The number of carboxylic acids is 1. The van der Waals surface area contributed by atoms with Crippen molar-refractivity contribution in [1.29, 1.82) is 0 Å². The van der Waals surface area contributed by atoms with Gasteiger partial charge in [-0.3, -0.25) is 9.59 Å². The van der Waals surface area contributed by atoms with Gasteiger partial charge in [-0.25, -0.2) is 4.98 Å². The molecule has 1 amide bonds. The molecule has 1 aromatic rings. The maximum Gasteiger partial charge on any atom is 0.323 e. The molecule has 0 unspecified atom stereocenters. The van der Waals surface area contributed by atoms with Crippen molar-refractivity contribution in [3.8, 4) is 0 Å².